The molecule has 4 heteroatoms. The maximum absolute atomic E-state index is 12.1. The van der Waals surface area contributed by atoms with E-state index in [0.29, 0.717) is 30.9 Å². The van der Waals surface area contributed by atoms with Gasteiger partial charge in [0.25, 0.3) is 0 Å². The molecule has 2 aromatic carbocycles. The van der Waals surface area contributed by atoms with Crippen LogP contribution in [0.4, 0.5) is 0 Å². The zero-order chi connectivity index (χ0) is 27.2. The van der Waals surface area contributed by atoms with Crippen LogP contribution in [-0.4, -0.2) is 22.8 Å². The molecule has 4 nitrogen and oxygen atoms in total. The van der Waals surface area contributed by atoms with Gasteiger partial charge < -0.3 is 14.9 Å². The average molecular weight is 499 g/mol. The van der Waals surface area contributed by atoms with Gasteiger partial charge in [-0.1, -0.05) is 117 Å². The number of benzene rings is 2. The van der Waals surface area contributed by atoms with Gasteiger partial charge in [-0.2, -0.15) is 0 Å². The molecular formula is C32H50O4. The largest absolute Gasteiger partial charge is 0.508 e. The topological polar surface area (TPSA) is 66.8 Å². The number of rotatable bonds is 11. The van der Waals surface area contributed by atoms with Crippen molar-refractivity contribution in [3.05, 3.63) is 59.2 Å². The molecule has 0 radical (unpaired) electrons. The number of phenols is 2. The molecule has 202 valence electrons. The summed E-state index contributed by atoms with van der Waals surface area (Å²) in [6, 6.07) is 12.8. The Labute approximate surface area is 220 Å². The Morgan fingerprint density at radius 3 is 1.72 bits per heavy atom. The van der Waals surface area contributed by atoms with Crippen LogP contribution < -0.4 is 0 Å². The summed E-state index contributed by atoms with van der Waals surface area (Å²) in [5, 5.41) is 19.4. The van der Waals surface area contributed by atoms with Gasteiger partial charge in [0.15, 0.2) is 0 Å². The van der Waals surface area contributed by atoms with E-state index in [1.807, 2.05) is 18.2 Å². The lowest BCUT2D eigenvalue weighted by molar-refractivity contribution is -0.143. The van der Waals surface area contributed by atoms with E-state index in [-0.39, 0.29) is 16.8 Å². The molecule has 0 bridgehead atoms. The molecule has 2 N–H and O–H groups in total. The first kappa shape index (κ1) is 31.5. The molecule has 0 saturated heterocycles. The third-order valence-corrected chi connectivity index (χ3v) is 6.17. The van der Waals surface area contributed by atoms with Crippen LogP contribution in [-0.2, 0) is 26.8 Å². The van der Waals surface area contributed by atoms with Gasteiger partial charge in [0, 0.05) is 6.42 Å². The third kappa shape index (κ3) is 12.5. The van der Waals surface area contributed by atoms with E-state index in [1.165, 1.54) is 32.1 Å². The molecular weight excluding hydrogens is 448 g/mol. The number of phenolic OH excluding ortho intramolecular Hbond substituents is 2. The highest BCUT2D eigenvalue weighted by atomic mass is 16.5. The summed E-state index contributed by atoms with van der Waals surface area (Å²) < 4.78 is 5.42. The van der Waals surface area contributed by atoms with Crippen molar-refractivity contribution in [3.63, 3.8) is 0 Å². The van der Waals surface area contributed by atoms with Crippen LogP contribution in [0.1, 0.15) is 117 Å². The van der Waals surface area contributed by atoms with Gasteiger partial charge >= 0.3 is 5.97 Å². The molecule has 0 unspecified atom stereocenters. The van der Waals surface area contributed by atoms with Crippen LogP contribution in [0.15, 0.2) is 42.5 Å². The van der Waals surface area contributed by atoms with Gasteiger partial charge in [-0.05, 0) is 52.5 Å². The number of ether oxygens (including phenoxy) is 1. The normalized spacial score (nSPS) is 11.5. The maximum atomic E-state index is 12.1. The summed E-state index contributed by atoms with van der Waals surface area (Å²) in [6.45, 7) is 15.4. The molecule has 2 aromatic rings. The molecule has 0 atom stereocenters. The Morgan fingerprint density at radius 2 is 1.28 bits per heavy atom. The maximum Gasteiger partial charge on any atom is 0.306 e. The molecule has 36 heavy (non-hydrogen) atoms. The molecule has 0 aliphatic heterocycles. The summed E-state index contributed by atoms with van der Waals surface area (Å²) in [7, 11) is 0. The molecule has 0 amide bonds. The second-order valence-corrected chi connectivity index (χ2v) is 11.7. The minimum Gasteiger partial charge on any atom is -0.508 e. The highest BCUT2D eigenvalue weighted by Gasteiger charge is 2.26. The number of aromatic hydroxyl groups is 2. The second kappa shape index (κ2) is 15.6. The van der Waals surface area contributed by atoms with Crippen LogP contribution in [0.3, 0.4) is 0 Å². The van der Waals surface area contributed by atoms with Crippen molar-refractivity contribution in [1.29, 1.82) is 0 Å². The standard InChI is InChI=1S/C26H44O3.C6H6O/c1-8-9-10-11-12-13-14-17-29-23(27)16-15-20-18-21(25(2,3)4)24(28)22(19-20)26(5,6)7;7-6-4-2-1-3-5-6/h18-19,28H,8-17H2,1-7H3;1-5,7H. The summed E-state index contributed by atoms with van der Waals surface area (Å²) in [4.78, 5) is 12.1. The van der Waals surface area contributed by atoms with Gasteiger partial charge in [-0.25, -0.2) is 0 Å². The van der Waals surface area contributed by atoms with Crippen molar-refractivity contribution in [2.24, 2.45) is 0 Å². The van der Waals surface area contributed by atoms with Gasteiger partial charge in [-0.3, -0.25) is 4.79 Å². The molecule has 0 heterocycles. The van der Waals surface area contributed by atoms with Crippen molar-refractivity contribution >= 4 is 5.97 Å². The number of aryl methyl sites for hydroxylation is 1. The van der Waals surface area contributed by atoms with Crippen LogP contribution in [0.25, 0.3) is 0 Å². The van der Waals surface area contributed by atoms with Crippen molar-refractivity contribution < 1.29 is 19.7 Å². The van der Waals surface area contributed by atoms with Crippen LogP contribution >= 0.6 is 0 Å². The smallest absolute Gasteiger partial charge is 0.306 e. The minimum atomic E-state index is -0.155. The molecule has 0 fully saturated rings. The highest BCUT2D eigenvalue weighted by molar-refractivity contribution is 5.69. The zero-order valence-electron chi connectivity index (χ0n) is 23.8. The molecule has 0 saturated carbocycles. The van der Waals surface area contributed by atoms with Crippen LogP contribution in [0.5, 0.6) is 11.5 Å². The van der Waals surface area contributed by atoms with E-state index in [9.17, 15) is 9.90 Å². The first-order valence-corrected chi connectivity index (χ1v) is 13.6. The molecule has 0 aliphatic rings. The Bertz CT molecular complexity index is 854. The highest BCUT2D eigenvalue weighted by Crippen LogP contribution is 2.40. The number of para-hydroxylation sites is 1. The molecule has 0 spiro atoms. The summed E-state index contributed by atoms with van der Waals surface area (Å²) in [5.74, 6) is 0.580. The van der Waals surface area contributed by atoms with Gasteiger partial charge in [-0.15, -0.1) is 0 Å². The van der Waals surface area contributed by atoms with E-state index >= 15 is 0 Å². The Morgan fingerprint density at radius 1 is 0.778 bits per heavy atom. The fourth-order valence-electron chi connectivity index (χ4n) is 3.97. The molecule has 0 aliphatic carbocycles. The number of unbranched alkanes of at least 4 members (excludes halogenated alkanes) is 6. The van der Waals surface area contributed by atoms with E-state index in [0.717, 1.165) is 29.5 Å². The number of esters is 1. The lowest BCUT2D eigenvalue weighted by Gasteiger charge is -2.28. The van der Waals surface area contributed by atoms with Crippen molar-refractivity contribution in [2.75, 3.05) is 6.61 Å². The van der Waals surface area contributed by atoms with E-state index in [2.05, 4.69) is 48.5 Å². The van der Waals surface area contributed by atoms with Gasteiger partial charge in [0.05, 0.1) is 6.61 Å². The second-order valence-electron chi connectivity index (χ2n) is 11.7. The fraction of sp³-hybridized carbons (Fsp3) is 0.594. The monoisotopic (exact) mass is 498 g/mol. The molecule has 2 rings (SSSR count). The van der Waals surface area contributed by atoms with Crippen LogP contribution in [0.2, 0.25) is 0 Å². The lowest BCUT2D eigenvalue weighted by atomic mass is 9.78. The first-order chi connectivity index (χ1) is 16.9. The Balaban J connectivity index is 0.000000789. The van der Waals surface area contributed by atoms with Crippen LogP contribution in [0, 0.1) is 0 Å². The lowest BCUT2D eigenvalue weighted by Crippen LogP contribution is -2.18. The number of carbonyl (C=O) groups excluding carboxylic acids is 1. The molecule has 0 aromatic heterocycles. The summed E-state index contributed by atoms with van der Waals surface area (Å²) >= 11 is 0. The minimum absolute atomic E-state index is 0.126. The third-order valence-electron chi connectivity index (χ3n) is 6.17. The Kier molecular flexibility index (Phi) is 13.7. The number of hydrogen-bond donors (Lipinski definition) is 2. The predicted octanol–water partition coefficient (Wildman–Crippen LogP) is 8.61. The SMILES string of the molecule is CCCCCCCCCOC(=O)CCc1cc(C(C)(C)C)c(O)c(C(C)(C)C)c1.Oc1ccccc1. The predicted molar refractivity (Wildman–Crippen MR) is 151 cm³/mol. The fourth-order valence-corrected chi connectivity index (χ4v) is 3.97. The average Bonchev–Trinajstić information content (AvgIpc) is 2.79. The quantitative estimate of drug-likeness (QED) is 0.240. The van der Waals surface area contributed by atoms with E-state index in [4.69, 9.17) is 9.84 Å². The van der Waals surface area contributed by atoms with Gasteiger partial charge in [0.1, 0.15) is 11.5 Å². The first-order valence-electron chi connectivity index (χ1n) is 13.6. The summed E-state index contributed by atoms with van der Waals surface area (Å²) in [5.41, 5.74) is 2.66. The van der Waals surface area contributed by atoms with Crippen molar-refractivity contribution in [2.45, 2.75) is 117 Å². The zero-order valence-corrected chi connectivity index (χ0v) is 23.8. The van der Waals surface area contributed by atoms with E-state index < -0.39 is 0 Å². The number of hydrogen-bond acceptors (Lipinski definition) is 4. The van der Waals surface area contributed by atoms with Gasteiger partial charge in [0.2, 0.25) is 0 Å². The van der Waals surface area contributed by atoms with Crippen molar-refractivity contribution in [3.8, 4) is 11.5 Å². The van der Waals surface area contributed by atoms with E-state index in [1.54, 1.807) is 24.3 Å². The summed E-state index contributed by atoms with van der Waals surface area (Å²) in [6.07, 6.45) is 9.54. The number of carbonyl (C=O) groups is 1. The van der Waals surface area contributed by atoms with Crippen molar-refractivity contribution in [1.82, 2.24) is 0 Å². The Hall–Kier alpha value is -2.49.